The van der Waals surface area contributed by atoms with Crippen molar-refractivity contribution in [1.82, 2.24) is 20.2 Å². The summed E-state index contributed by atoms with van der Waals surface area (Å²) >= 11 is 0. The molecule has 1 heterocycles. The molecule has 1 aliphatic heterocycles. The van der Waals surface area contributed by atoms with Gasteiger partial charge in [-0.05, 0) is 7.05 Å². The molecule has 1 rings (SSSR count). The fraction of sp³-hybridized carbons (Fsp3) is 0.875. The molecule has 1 N–H and O–H groups in total. The summed E-state index contributed by atoms with van der Waals surface area (Å²) < 4.78 is 0. The van der Waals surface area contributed by atoms with Crippen LogP contribution in [0.4, 0.5) is 4.79 Å². The third-order valence-corrected chi connectivity index (χ3v) is 2.11. The fourth-order valence-electron chi connectivity index (χ4n) is 1.27. The second kappa shape index (κ2) is 4.43. The zero-order chi connectivity index (χ0) is 9.84. The number of piperazine rings is 1. The lowest BCUT2D eigenvalue weighted by molar-refractivity contribution is 0.137. The molecule has 0 aromatic rings. The van der Waals surface area contributed by atoms with Crippen molar-refractivity contribution in [3.05, 3.63) is 0 Å². The van der Waals surface area contributed by atoms with Crippen molar-refractivity contribution in [3.8, 4) is 0 Å². The van der Waals surface area contributed by atoms with E-state index in [1.165, 1.54) is 0 Å². The Hall–Kier alpha value is -0.810. The first-order valence-corrected chi connectivity index (χ1v) is 4.51. The monoisotopic (exact) mass is 186 g/mol. The van der Waals surface area contributed by atoms with E-state index in [1.54, 1.807) is 5.01 Å². The summed E-state index contributed by atoms with van der Waals surface area (Å²) in [6.45, 7) is 3.55. The molecule has 0 bridgehead atoms. The van der Waals surface area contributed by atoms with Crippen LogP contribution in [0.5, 0.6) is 0 Å². The second-order valence-electron chi connectivity index (χ2n) is 3.60. The lowest BCUT2D eigenvalue weighted by atomic mass is 10.3. The Morgan fingerprint density at radius 1 is 1.23 bits per heavy atom. The molecule has 0 saturated carbocycles. The van der Waals surface area contributed by atoms with Gasteiger partial charge in [0.1, 0.15) is 0 Å². The first-order valence-electron chi connectivity index (χ1n) is 4.51. The van der Waals surface area contributed by atoms with E-state index < -0.39 is 0 Å². The van der Waals surface area contributed by atoms with Crippen LogP contribution in [0, 0.1) is 0 Å². The van der Waals surface area contributed by atoms with Crippen molar-refractivity contribution in [2.24, 2.45) is 0 Å². The Morgan fingerprint density at radius 3 is 2.23 bits per heavy atom. The third kappa shape index (κ3) is 3.20. The molecule has 1 saturated heterocycles. The maximum absolute atomic E-state index is 11.5. The quantitative estimate of drug-likeness (QED) is 0.557. The van der Waals surface area contributed by atoms with Crippen molar-refractivity contribution in [1.29, 1.82) is 0 Å². The second-order valence-corrected chi connectivity index (χ2v) is 3.60. The summed E-state index contributed by atoms with van der Waals surface area (Å²) in [6.07, 6.45) is 0. The largest absolute Gasteiger partial charge is 0.331 e. The van der Waals surface area contributed by atoms with Crippen LogP contribution in [-0.4, -0.2) is 68.2 Å². The van der Waals surface area contributed by atoms with Crippen LogP contribution in [0.1, 0.15) is 0 Å². The number of likely N-dealkylation sites (N-methyl/N-ethyl adjacent to an activating group) is 1. The van der Waals surface area contributed by atoms with E-state index >= 15 is 0 Å². The van der Waals surface area contributed by atoms with Crippen molar-refractivity contribution in [2.75, 3.05) is 47.3 Å². The number of nitrogens with one attached hydrogen (secondary N) is 1. The number of hydrogen-bond acceptors (Lipinski definition) is 3. The molecule has 0 aliphatic carbocycles. The van der Waals surface area contributed by atoms with Gasteiger partial charge < -0.3 is 9.80 Å². The molecule has 2 amide bonds. The van der Waals surface area contributed by atoms with E-state index in [1.807, 2.05) is 19.0 Å². The van der Waals surface area contributed by atoms with Gasteiger partial charge in [0.2, 0.25) is 0 Å². The van der Waals surface area contributed by atoms with Crippen LogP contribution in [0.3, 0.4) is 0 Å². The van der Waals surface area contributed by atoms with Gasteiger partial charge in [-0.2, -0.15) is 0 Å². The lowest BCUT2D eigenvalue weighted by Crippen LogP contribution is -2.53. The molecule has 0 radical (unpaired) electrons. The van der Waals surface area contributed by atoms with E-state index in [0.717, 1.165) is 26.2 Å². The molecule has 0 unspecified atom stereocenters. The molecule has 0 atom stereocenters. The topological polar surface area (TPSA) is 38.8 Å². The lowest BCUT2D eigenvalue weighted by Gasteiger charge is -2.33. The van der Waals surface area contributed by atoms with E-state index in [9.17, 15) is 4.79 Å². The third-order valence-electron chi connectivity index (χ3n) is 2.11. The van der Waals surface area contributed by atoms with Crippen LogP contribution in [0.25, 0.3) is 0 Å². The zero-order valence-corrected chi connectivity index (χ0v) is 8.58. The normalized spacial score (nSPS) is 19.2. The molecular formula is C8H18N4O. The number of carbonyl (C=O) groups is 1. The van der Waals surface area contributed by atoms with Crippen molar-refractivity contribution in [3.63, 3.8) is 0 Å². The van der Waals surface area contributed by atoms with E-state index in [0.29, 0.717) is 0 Å². The predicted molar refractivity (Wildman–Crippen MR) is 51.3 cm³/mol. The zero-order valence-electron chi connectivity index (χ0n) is 8.58. The highest BCUT2D eigenvalue weighted by Crippen LogP contribution is 1.98. The Kier molecular flexibility index (Phi) is 3.50. The average molecular weight is 186 g/mol. The Labute approximate surface area is 79.2 Å². The van der Waals surface area contributed by atoms with E-state index in [-0.39, 0.29) is 6.03 Å². The molecule has 0 aromatic heterocycles. The predicted octanol–water partition coefficient (Wildman–Crippen LogP) is -0.580. The number of nitrogens with zero attached hydrogens (tertiary/aromatic N) is 3. The average Bonchev–Trinajstić information content (AvgIpc) is 2.04. The minimum atomic E-state index is -0.00176. The summed E-state index contributed by atoms with van der Waals surface area (Å²) in [5.74, 6) is 0. The molecule has 1 aliphatic rings. The summed E-state index contributed by atoms with van der Waals surface area (Å²) in [5.41, 5.74) is 2.73. The molecule has 13 heavy (non-hydrogen) atoms. The highest BCUT2D eigenvalue weighted by atomic mass is 16.2. The Bertz CT molecular complexity index is 175. The number of rotatable bonds is 1. The molecule has 0 spiro atoms. The number of carbonyl (C=O) groups excluding carboxylic acids is 1. The van der Waals surface area contributed by atoms with Gasteiger partial charge in [0.25, 0.3) is 0 Å². The number of hydrazine groups is 1. The van der Waals surface area contributed by atoms with Crippen LogP contribution in [0.2, 0.25) is 0 Å². The Morgan fingerprint density at radius 2 is 1.77 bits per heavy atom. The Balaban J connectivity index is 2.31. The number of urea groups is 1. The molecule has 76 valence electrons. The van der Waals surface area contributed by atoms with Gasteiger partial charge in [0.05, 0.1) is 0 Å². The summed E-state index contributed by atoms with van der Waals surface area (Å²) in [7, 11) is 5.70. The van der Waals surface area contributed by atoms with Gasteiger partial charge in [0.15, 0.2) is 0 Å². The van der Waals surface area contributed by atoms with Gasteiger partial charge >= 0.3 is 6.03 Å². The van der Waals surface area contributed by atoms with Crippen molar-refractivity contribution >= 4 is 6.03 Å². The van der Waals surface area contributed by atoms with Gasteiger partial charge in [0, 0.05) is 40.3 Å². The summed E-state index contributed by atoms with van der Waals surface area (Å²) in [6, 6.07) is -0.00176. The first kappa shape index (κ1) is 10.3. The van der Waals surface area contributed by atoms with Gasteiger partial charge in [-0.15, -0.1) is 0 Å². The van der Waals surface area contributed by atoms with Crippen molar-refractivity contribution < 1.29 is 4.79 Å². The molecular weight excluding hydrogens is 168 g/mol. The van der Waals surface area contributed by atoms with Gasteiger partial charge in [-0.3, -0.25) is 5.43 Å². The highest BCUT2D eigenvalue weighted by Gasteiger charge is 2.18. The highest BCUT2D eigenvalue weighted by molar-refractivity contribution is 5.73. The standard InChI is InChI=1S/C8H18N4O/c1-10(2)9-8(13)12-6-4-11(3)5-7-12/h4-7H2,1-3H3,(H,9,13). The van der Waals surface area contributed by atoms with E-state index in [4.69, 9.17) is 0 Å². The molecule has 0 aromatic carbocycles. The number of amides is 2. The molecule has 5 heteroatoms. The van der Waals surface area contributed by atoms with E-state index in [2.05, 4.69) is 17.4 Å². The maximum Gasteiger partial charge on any atom is 0.331 e. The van der Waals surface area contributed by atoms with Crippen LogP contribution < -0.4 is 5.43 Å². The minimum absolute atomic E-state index is 0.00176. The first-order chi connectivity index (χ1) is 6.09. The van der Waals surface area contributed by atoms with Crippen LogP contribution >= 0.6 is 0 Å². The van der Waals surface area contributed by atoms with Gasteiger partial charge in [-0.1, -0.05) is 0 Å². The van der Waals surface area contributed by atoms with Crippen LogP contribution in [0.15, 0.2) is 0 Å². The van der Waals surface area contributed by atoms with Gasteiger partial charge in [-0.25, -0.2) is 9.80 Å². The minimum Gasteiger partial charge on any atom is -0.321 e. The fourth-order valence-corrected chi connectivity index (χ4v) is 1.27. The smallest absolute Gasteiger partial charge is 0.321 e. The molecule has 5 nitrogen and oxygen atoms in total. The molecule has 1 fully saturated rings. The van der Waals surface area contributed by atoms with Crippen molar-refractivity contribution in [2.45, 2.75) is 0 Å². The van der Waals surface area contributed by atoms with Crippen LogP contribution in [-0.2, 0) is 0 Å². The maximum atomic E-state index is 11.5. The SMILES string of the molecule is CN1CCN(C(=O)NN(C)C)CC1. The summed E-state index contributed by atoms with van der Waals surface area (Å²) in [4.78, 5) is 15.5. The summed E-state index contributed by atoms with van der Waals surface area (Å²) in [5, 5.41) is 1.67. The number of hydrogen-bond donors (Lipinski definition) is 1.